The monoisotopic (exact) mass is 472 g/mol. The van der Waals surface area contributed by atoms with Crippen LogP contribution in [0.5, 0.6) is 0 Å². The topological polar surface area (TPSA) is 77.8 Å². The van der Waals surface area contributed by atoms with Gasteiger partial charge in [-0.15, -0.1) is 0 Å². The van der Waals surface area contributed by atoms with Gasteiger partial charge in [0.15, 0.2) is 0 Å². The second kappa shape index (κ2) is 7.12. The van der Waals surface area contributed by atoms with Gasteiger partial charge in [0.1, 0.15) is 0 Å². The number of carboxylic acid groups (broad SMARTS) is 1. The smallest absolute Gasteiger partial charge is 0.310 e. The van der Waals surface area contributed by atoms with Crippen LogP contribution in [-0.2, 0) is 4.79 Å². The molecule has 4 saturated carbocycles. The van der Waals surface area contributed by atoms with Crippen molar-refractivity contribution in [1.29, 1.82) is 0 Å². The highest BCUT2D eigenvalue weighted by atomic mass is 16.4. The lowest BCUT2D eigenvalue weighted by Gasteiger charge is -2.71. The number of hydrogen-bond acceptors (Lipinski definition) is 3. The predicted molar refractivity (Wildman–Crippen MR) is 134 cm³/mol. The van der Waals surface area contributed by atoms with Crippen LogP contribution >= 0.6 is 0 Å². The lowest BCUT2D eigenvalue weighted by atomic mass is 9.33. The highest BCUT2D eigenvalue weighted by Crippen LogP contribution is 2.75. The number of fused-ring (bicyclic) bond motifs is 7. The molecule has 0 amide bonds. The number of hydrogen-bond donors (Lipinski definition) is 3. The van der Waals surface area contributed by atoms with Crippen molar-refractivity contribution in [2.75, 3.05) is 0 Å². The maximum atomic E-state index is 12.8. The number of allylic oxidation sites excluding steroid dienone is 2. The van der Waals surface area contributed by atoms with Crippen molar-refractivity contribution in [2.24, 2.45) is 50.2 Å². The number of carbonyl (C=O) groups is 1. The second-order valence-corrected chi connectivity index (χ2v) is 15.2. The maximum absolute atomic E-state index is 12.8. The summed E-state index contributed by atoms with van der Waals surface area (Å²) in [5, 5.41) is 32.4. The molecule has 9 atom stereocenters. The van der Waals surface area contributed by atoms with Crippen molar-refractivity contribution in [3.63, 3.8) is 0 Å². The van der Waals surface area contributed by atoms with E-state index in [0.717, 1.165) is 51.4 Å². The van der Waals surface area contributed by atoms with Crippen LogP contribution in [0.1, 0.15) is 106 Å². The van der Waals surface area contributed by atoms with Crippen molar-refractivity contribution in [1.82, 2.24) is 0 Å². The highest BCUT2D eigenvalue weighted by Gasteiger charge is 2.70. The summed E-state index contributed by atoms with van der Waals surface area (Å²) in [4.78, 5) is 12.8. The Labute approximate surface area is 206 Å². The fourth-order valence-corrected chi connectivity index (χ4v) is 10.8. The van der Waals surface area contributed by atoms with Crippen LogP contribution in [0.2, 0.25) is 0 Å². The van der Waals surface area contributed by atoms with Crippen LogP contribution in [0, 0.1) is 50.2 Å². The SMILES string of the molecule is CC1(C)CC[C@@]2(C(=O)O)CC[C@]3(C)C(=CC[C@@H]4[C@@]5(C)C[C@@H](O)[C@H](O)C(C)(C)[C@@H]5CC[C@@]43C)[C@@H]2C1. The van der Waals surface area contributed by atoms with Gasteiger partial charge in [-0.05, 0) is 103 Å². The van der Waals surface area contributed by atoms with E-state index in [-0.39, 0.29) is 33.0 Å². The van der Waals surface area contributed by atoms with E-state index >= 15 is 0 Å². The summed E-state index contributed by atoms with van der Waals surface area (Å²) in [6.07, 6.45) is 9.45. The van der Waals surface area contributed by atoms with Gasteiger partial charge in [-0.25, -0.2) is 0 Å². The van der Waals surface area contributed by atoms with Crippen molar-refractivity contribution in [3.05, 3.63) is 11.6 Å². The van der Waals surface area contributed by atoms with E-state index in [4.69, 9.17) is 0 Å². The normalized spacial score (nSPS) is 53.4. The van der Waals surface area contributed by atoms with Gasteiger partial charge >= 0.3 is 5.97 Å². The molecular formula is C30H48O4. The van der Waals surface area contributed by atoms with Gasteiger partial charge in [0.2, 0.25) is 0 Å². The first-order chi connectivity index (χ1) is 15.6. The summed E-state index contributed by atoms with van der Waals surface area (Å²) >= 11 is 0. The molecule has 192 valence electrons. The van der Waals surface area contributed by atoms with Gasteiger partial charge in [0.05, 0.1) is 17.6 Å². The molecule has 5 aliphatic carbocycles. The summed E-state index contributed by atoms with van der Waals surface area (Å²) in [5.41, 5.74) is 0.754. The Morgan fingerprint density at radius 1 is 0.882 bits per heavy atom. The van der Waals surface area contributed by atoms with E-state index < -0.39 is 23.6 Å². The summed E-state index contributed by atoms with van der Waals surface area (Å²) in [7, 11) is 0. The minimum Gasteiger partial charge on any atom is -0.481 e. The summed E-state index contributed by atoms with van der Waals surface area (Å²) in [6, 6.07) is 0. The molecule has 4 nitrogen and oxygen atoms in total. The van der Waals surface area contributed by atoms with Crippen LogP contribution in [0.3, 0.4) is 0 Å². The predicted octanol–water partition coefficient (Wildman–Crippen LogP) is 6.20. The molecule has 0 heterocycles. The molecule has 0 unspecified atom stereocenters. The fraction of sp³-hybridized carbons (Fsp3) is 0.900. The Morgan fingerprint density at radius 3 is 2.18 bits per heavy atom. The van der Waals surface area contributed by atoms with Crippen LogP contribution in [0.15, 0.2) is 11.6 Å². The van der Waals surface area contributed by atoms with Gasteiger partial charge in [-0.1, -0.05) is 60.1 Å². The van der Waals surface area contributed by atoms with Crippen molar-refractivity contribution < 1.29 is 20.1 Å². The molecule has 4 fully saturated rings. The summed E-state index contributed by atoms with van der Waals surface area (Å²) in [5.74, 6) is 0.365. The van der Waals surface area contributed by atoms with E-state index in [0.29, 0.717) is 18.3 Å². The summed E-state index contributed by atoms with van der Waals surface area (Å²) in [6.45, 7) is 16.3. The number of aliphatic carboxylic acids is 1. The fourth-order valence-electron chi connectivity index (χ4n) is 10.8. The Kier molecular flexibility index (Phi) is 5.20. The van der Waals surface area contributed by atoms with Crippen molar-refractivity contribution >= 4 is 5.97 Å². The minimum absolute atomic E-state index is 0.00785. The van der Waals surface area contributed by atoms with E-state index in [1.807, 2.05) is 0 Å². The number of carboxylic acids is 1. The quantitative estimate of drug-likeness (QED) is 0.397. The number of aliphatic hydroxyl groups is 2. The van der Waals surface area contributed by atoms with Crippen LogP contribution in [-0.4, -0.2) is 33.5 Å². The van der Waals surface area contributed by atoms with Crippen LogP contribution in [0.4, 0.5) is 0 Å². The first kappa shape index (κ1) is 24.8. The molecule has 0 aromatic heterocycles. The summed E-state index contributed by atoms with van der Waals surface area (Å²) < 4.78 is 0. The van der Waals surface area contributed by atoms with Gasteiger partial charge in [-0.2, -0.15) is 0 Å². The van der Waals surface area contributed by atoms with Gasteiger partial charge in [0.25, 0.3) is 0 Å². The molecule has 0 aromatic carbocycles. The number of aliphatic hydroxyl groups excluding tert-OH is 2. The molecule has 34 heavy (non-hydrogen) atoms. The molecule has 3 N–H and O–H groups in total. The van der Waals surface area contributed by atoms with E-state index in [1.165, 1.54) is 5.57 Å². The Bertz CT molecular complexity index is 919. The van der Waals surface area contributed by atoms with Gasteiger partial charge in [-0.3, -0.25) is 4.79 Å². The largest absolute Gasteiger partial charge is 0.481 e. The zero-order chi connectivity index (χ0) is 25.1. The van der Waals surface area contributed by atoms with E-state index in [2.05, 4.69) is 54.5 Å². The molecule has 0 bridgehead atoms. The van der Waals surface area contributed by atoms with Crippen molar-refractivity contribution in [2.45, 2.75) is 118 Å². The Morgan fingerprint density at radius 2 is 1.53 bits per heavy atom. The molecule has 4 heteroatoms. The average molecular weight is 473 g/mol. The van der Waals surface area contributed by atoms with E-state index in [1.54, 1.807) is 0 Å². The third-order valence-electron chi connectivity index (χ3n) is 13.0. The first-order valence-electron chi connectivity index (χ1n) is 13.9. The van der Waals surface area contributed by atoms with Crippen LogP contribution in [0.25, 0.3) is 0 Å². The molecule has 5 aliphatic rings. The van der Waals surface area contributed by atoms with Crippen LogP contribution < -0.4 is 0 Å². The molecule has 0 radical (unpaired) electrons. The molecule has 0 saturated heterocycles. The molecule has 0 aliphatic heterocycles. The van der Waals surface area contributed by atoms with Gasteiger partial charge in [0, 0.05) is 0 Å². The maximum Gasteiger partial charge on any atom is 0.310 e. The Balaban J connectivity index is 1.61. The third-order valence-corrected chi connectivity index (χ3v) is 13.0. The van der Waals surface area contributed by atoms with E-state index in [9.17, 15) is 20.1 Å². The average Bonchev–Trinajstić information content (AvgIpc) is 2.72. The minimum atomic E-state index is -0.679. The molecule has 0 aromatic rings. The molecule has 5 rings (SSSR count). The molecule has 0 spiro atoms. The lowest BCUT2D eigenvalue weighted by Crippen LogP contribution is -2.67. The zero-order valence-corrected chi connectivity index (χ0v) is 22.6. The standard InChI is InChI=1S/C30H48O4/c1-25(2)12-14-30(24(33)34)15-13-28(6)18(19(30)16-25)8-9-22-27(5)17-20(31)23(32)26(3,4)21(27)10-11-29(22,28)7/h8,19-23,31-32H,9-17H2,1-7H3,(H,33,34)/t19-,20+,21-,22+,23-,27-,28+,29-,30+/m0/s1. The third kappa shape index (κ3) is 2.88. The molecular weight excluding hydrogens is 424 g/mol. The first-order valence-corrected chi connectivity index (χ1v) is 13.9. The van der Waals surface area contributed by atoms with Crippen molar-refractivity contribution in [3.8, 4) is 0 Å². The lowest BCUT2D eigenvalue weighted by molar-refractivity contribution is -0.231. The highest BCUT2D eigenvalue weighted by molar-refractivity contribution is 5.76. The second-order valence-electron chi connectivity index (χ2n) is 15.2. The van der Waals surface area contributed by atoms with Gasteiger partial charge < -0.3 is 15.3 Å². The number of rotatable bonds is 1. The zero-order valence-electron chi connectivity index (χ0n) is 22.6. The Hall–Kier alpha value is -0.870.